The van der Waals surface area contributed by atoms with Crippen molar-refractivity contribution in [3.05, 3.63) is 29.6 Å². The zero-order chi connectivity index (χ0) is 12.1. The van der Waals surface area contributed by atoms with Crippen molar-refractivity contribution in [2.75, 3.05) is 0 Å². The van der Waals surface area contributed by atoms with Gasteiger partial charge < -0.3 is 0 Å². The van der Waals surface area contributed by atoms with Crippen LogP contribution in [0, 0.1) is 5.92 Å². The average Bonchev–Trinajstić information content (AvgIpc) is 2.66. The largest absolute Gasteiger partial charge is 0.292 e. The molecule has 2 nitrogen and oxygen atoms in total. The Hall–Kier alpha value is -1.18. The van der Waals surface area contributed by atoms with Crippen molar-refractivity contribution >= 4 is 5.78 Å². The number of aromatic nitrogens is 1. The van der Waals surface area contributed by atoms with Crippen LogP contribution in [-0.2, 0) is 6.42 Å². The van der Waals surface area contributed by atoms with Crippen molar-refractivity contribution in [2.45, 2.75) is 51.9 Å². The average molecular weight is 231 g/mol. The number of hydrogen-bond donors (Lipinski definition) is 0. The molecule has 92 valence electrons. The van der Waals surface area contributed by atoms with Gasteiger partial charge in [-0.2, -0.15) is 0 Å². The highest BCUT2D eigenvalue weighted by Gasteiger charge is 2.23. The maximum Gasteiger partial charge on any atom is 0.184 e. The quantitative estimate of drug-likeness (QED) is 0.585. The van der Waals surface area contributed by atoms with Gasteiger partial charge >= 0.3 is 0 Å². The summed E-state index contributed by atoms with van der Waals surface area (Å²) in [7, 11) is 0. The number of ketones is 1. The lowest BCUT2D eigenvalue weighted by Gasteiger charge is -2.14. The summed E-state index contributed by atoms with van der Waals surface area (Å²) in [5.41, 5.74) is 1.82. The lowest BCUT2D eigenvalue weighted by Crippen LogP contribution is -2.17. The molecule has 1 fully saturated rings. The first-order valence-corrected chi connectivity index (χ1v) is 6.81. The molecule has 0 atom stereocenters. The molecule has 0 spiro atoms. The fourth-order valence-electron chi connectivity index (χ4n) is 2.68. The highest BCUT2D eigenvalue weighted by molar-refractivity contribution is 5.97. The van der Waals surface area contributed by atoms with E-state index in [4.69, 9.17) is 0 Å². The first-order valence-electron chi connectivity index (χ1n) is 6.81. The van der Waals surface area contributed by atoms with E-state index in [9.17, 15) is 4.79 Å². The molecular formula is C15H21NO. The minimum Gasteiger partial charge on any atom is -0.292 e. The first kappa shape index (κ1) is 12.3. The number of hydrogen-bond acceptors (Lipinski definition) is 2. The Morgan fingerprint density at radius 1 is 1.29 bits per heavy atom. The number of rotatable bonds is 3. The number of pyridine rings is 1. The van der Waals surface area contributed by atoms with Crippen LogP contribution in [0.1, 0.15) is 61.5 Å². The Morgan fingerprint density at radius 2 is 2.00 bits per heavy atom. The second-order valence-corrected chi connectivity index (χ2v) is 4.92. The maximum atomic E-state index is 12.5. The van der Waals surface area contributed by atoms with Gasteiger partial charge in [0.15, 0.2) is 5.78 Å². The SMILES string of the molecule is CCc1cccnc1C(=O)C1CCCCCC1. The van der Waals surface area contributed by atoms with Gasteiger partial charge in [0.05, 0.1) is 0 Å². The summed E-state index contributed by atoms with van der Waals surface area (Å²) in [4.78, 5) is 16.8. The van der Waals surface area contributed by atoms with Crippen LogP contribution in [0.2, 0.25) is 0 Å². The summed E-state index contributed by atoms with van der Waals surface area (Å²) in [6, 6.07) is 3.94. The van der Waals surface area contributed by atoms with Gasteiger partial charge in [0.25, 0.3) is 0 Å². The molecule has 2 heteroatoms. The normalized spacial score (nSPS) is 17.7. The fraction of sp³-hybridized carbons (Fsp3) is 0.600. The summed E-state index contributed by atoms with van der Waals surface area (Å²) in [6.07, 6.45) is 9.70. The first-order chi connectivity index (χ1) is 8.33. The molecular weight excluding hydrogens is 210 g/mol. The van der Waals surface area contributed by atoms with E-state index in [1.807, 2.05) is 12.1 Å². The molecule has 0 N–H and O–H groups in total. The van der Waals surface area contributed by atoms with Crippen LogP contribution >= 0.6 is 0 Å². The molecule has 0 amide bonds. The zero-order valence-corrected chi connectivity index (χ0v) is 10.6. The highest BCUT2D eigenvalue weighted by Crippen LogP contribution is 2.26. The topological polar surface area (TPSA) is 30.0 Å². The van der Waals surface area contributed by atoms with E-state index in [0.717, 1.165) is 30.5 Å². The summed E-state index contributed by atoms with van der Waals surface area (Å²) >= 11 is 0. The van der Waals surface area contributed by atoms with Gasteiger partial charge in [0.2, 0.25) is 0 Å². The Labute approximate surface area is 103 Å². The predicted octanol–water partition coefficient (Wildman–Crippen LogP) is 3.80. The van der Waals surface area contributed by atoms with Crippen LogP contribution in [0.25, 0.3) is 0 Å². The van der Waals surface area contributed by atoms with Crippen LogP contribution in [-0.4, -0.2) is 10.8 Å². The molecule has 0 unspecified atom stereocenters. The molecule has 1 aliphatic carbocycles. The number of nitrogens with zero attached hydrogens (tertiary/aromatic N) is 1. The molecule has 1 saturated carbocycles. The molecule has 1 aromatic heterocycles. The summed E-state index contributed by atoms with van der Waals surface area (Å²) in [6.45, 7) is 2.08. The van der Waals surface area contributed by atoms with E-state index in [-0.39, 0.29) is 11.7 Å². The molecule has 2 rings (SSSR count). The number of aryl methyl sites for hydroxylation is 1. The monoisotopic (exact) mass is 231 g/mol. The minimum atomic E-state index is 0.220. The Balaban J connectivity index is 2.17. The molecule has 0 bridgehead atoms. The van der Waals surface area contributed by atoms with Crippen molar-refractivity contribution in [1.29, 1.82) is 0 Å². The summed E-state index contributed by atoms with van der Waals surface area (Å²) in [5, 5.41) is 0. The third kappa shape index (κ3) is 2.93. The smallest absolute Gasteiger partial charge is 0.184 e. The fourth-order valence-corrected chi connectivity index (χ4v) is 2.68. The van der Waals surface area contributed by atoms with Gasteiger partial charge in [-0.25, -0.2) is 0 Å². The van der Waals surface area contributed by atoms with E-state index in [1.54, 1.807) is 6.20 Å². The second-order valence-electron chi connectivity index (χ2n) is 4.92. The minimum absolute atomic E-state index is 0.220. The lowest BCUT2D eigenvalue weighted by molar-refractivity contribution is 0.0901. The van der Waals surface area contributed by atoms with Crippen molar-refractivity contribution < 1.29 is 4.79 Å². The molecule has 1 aliphatic rings. The van der Waals surface area contributed by atoms with E-state index in [1.165, 1.54) is 25.7 Å². The molecule has 0 saturated heterocycles. The van der Waals surface area contributed by atoms with Gasteiger partial charge in [0, 0.05) is 12.1 Å². The third-order valence-electron chi connectivity index (χ3n) is 3.73. The number of carbonyl (C=O) groups excluding carboxylic acids is 1. The summed E-state index contributed by atoms with van der Waals surface area (Å²) in [5.74, 6) is 0.502. The van der Waals surface area contributed by atoms with Crippen LogP contribution in [0.4, 0.5) is 0 Å². The number of Topliss-reactive ketones (excluding diaryl/α,β-unsaturated/α-hetero) is 1. The Morgan fingerprint density at radius 3 is 2.65 bits per heavy atom. The van der Waals surface area contributed by atoms with Gasteiger partial charge in [0.1, 0.15) is 5.69 Å². The van der Waals surface area contributed by atoms with Crippen molar-refractivity contribution in [1.82, 2.24) is 4.98 Å². The molecule has 17 heavy (non-hydrogen) atoms. The van der Waals surface area contributed by atoms with E-state index in [0.29, 0.717) is 0 Å². The van der Waals surface area contributed by atoms with Gasteiger partial charge in [-0.3, -0.25) is 9.78 Å². The van der Waals surface area contributed by atoms with E-state index in [2.05, 4.69) is 11.9 Å². The predicted molar refractivity (Wildman–Crippen MR) is 69.1 cm³/mol. The molecule has 1 aromatic rings. The van der Waals surface area contributed by atoms with Crippen molar-refractivity contribution in [3.63, 3.8) is 0 Å². The standard InChI is InChI=1S/C15H21NO/c1-2-12-10-7-11-16-14(12)15(17)13-8-5-3-4-6-9-13/h7,10-11,13H,2-6,8-9H2,1H3. The number of carbonyl (C=O) groups is 1. The van der Waals surface area contributed by atoms with Crippen molar-refractivity contribution in [2.24, 2.45) is 5.92 Å². The Kier molecular flexibility index (Phi) is 4.29. The molecule has 1 heterocycles. The molecule has 0 radical (unpaired) electrons. The maximum absolute atomic E-state index is 12.5. The van der Waals surface area contributed by atoms with Crippen LogP contribution in [0.3, 0.4) is 0 Å². The Bertz CT molecular complexity index is 378. The van der Waals surface area contributed by atoms with Crippen molar-refractivity contribution in [3.8, 4) is 0 Å². The molecule has 0 aliphatic heterocycles. The van der Waals surface area contributed by atoms with Gasteiger partial charge in [-0.05, 0) is 30.9 Å². The van der Waals surface area contributed by atoms with Gasteiger partial charge in [-0.1, -0.05) is 38.7 Å². The van der Waals surface area contributed by atoms with E-state index >= 15 is 0 Å². The summed E-state index contributed by atoms with van der Waals surface area (Å²) < 4.78 is 0. The zero-order valence-electron chi connectivity index (χ0n) is 10.6. The molecule has 0 aromatic carbocycles. The third-order valence-corrected chi connectivity index (χ3v) is 3.73. The second kappa shape index (κ2) is 5.95. The van der Waals surface area contributed by atoms with Crippen LogP contribution in [0.15, 0.2) is 18.3 Å². The highest BCUT2D eigenvalue weighted by atomic mass is 16.1. The van der Waals surface area contributed by atoms with Crippen LogP contribution < -0.4 is 0 Å². The van der Waals surface area contributed by atoms with Gasteiger partial charge in [-0.15, -0.1) is 0 Å². The van der Waals surface area contributed by atoms with E-state index < -0.39 is 0 Å². The lowest BCUT2D eigenvalue weighted by atomic mass is 9.91. The van der Waals surface area contributed by atoms with Crippen LogP contribution in [0.5, 0.6) is 0 Å².